The predicted octanol–water partition coefficient (Wildman–Crippen LogP) is 0.840. The van der Waals surface area contributed by atoms with Crippen LogP contribution < -0.4 is 4.72 Å². The van der Waals surface area contributed by atoms with Gasteiger partial charge in [0.1, 0.15) is 11.4 Å². The lowest BCUT2D eigenvalue weighted by Crippen LogP contribution is -2.54. The number of aryl methyl sites for hydroxylation is 2. The fourth-order valence-corrected chi connectivity index (χ4v) is 5.06. The van der Waals surface area contributed by atoms with Gasteiger partial charge in [-0.2, -0.15) is 16.5 Å². The van der Waals surface area contributed by atoms with Gasteiger partial charge in [-0.25, -0.2) is 13.4 Å². The zero-order valence-corrected chi connectivity index (χ0v) is 13.6. The summed E-state index contributed by atoms with van der Waals surface area (Å²) >= 11 is 1.43. The van der Waals surface area contributed by atoms with Gasteiger partial charge in [0.2, 0.25) is 0 Å². The smallest absolute Gasteiger partial charge is 0.325 e. The fraction of sp³-hybridized carbons (Fsp3) is 0.667. The van der Waals surface area contributed by atoms with Crippen LogP contribution in [0.25, 0.3) is 0 Å². The second-order valence-corrected chi connectivity index (χ2v) is 7.85. The summed E-state index contributed by atoms with van der Waals surface area (Å²) in [6.45, 7) is 4.39. The van der Waals surface area contributed by atoms with Gasteiger partial charge in [0.15, 0.2) is 5.03 Å². The number of thioether (sulfide) groups is 1. The number of nitrogens with one attached hydrogen (secondary N) is 1. The third-order valence-electron chi connectivity index (χ3n) is 3.45. The normalized spacial score (nSPS) is 22.6. The average molecular weight is 333 g/mol. The Balaban J connectivity index is 2.29. The Morgan fingerprint density at radius 1 is 1.62 bits per heavy atom. The second kappa shape index (κ2) is 5.98. The van der Waals surface area contributed by atoms with Gasteiger partial charge in [-0.3, -0.25) is 4.79 Å². The SMILES string of the molecule is CCCn1cc(S(=O)(=O)NC2(C(=O)O)CCSC2)nc1C. The van der Waals surface area contributed by atoms with Crippen LogP contribution in [0.2, 0.25) is 0 Å². The molecule has 0 spiro atoms. The topological polar surface area (TPSA) is 101 Å². The number of sulfonamides is 1. The minimum atomic E-state index is -3.94. The van der Waals surface area contributed by atoms with Crippen molar-refractivity contribution >= 4 is 27.8 Å². The highest BCUT2D eigenvalue weighted by Gasteiger charge is 2.45. The number of hydrogen-bond donors (Lipinski definition) is 2. The Bertz CT molecular complexity index is 633. The highest BCUT2D eigenvalue weighted by Crippen LogP contribution is 2.30. The molecule has 21 heavy (non-hydrogen) atoms. The van der Waals surface area contributed by atoms with E-state index in [2.05, 4.69) is 9.71 Å². The van der Waals surface area contributed by atoms with Gasteiger partial charge in [0, 0.05) is 18.5 Å². The first-order valence-electron chi connectivity index (χ1n) is 6.69. The third-order valence-corrected chi connectivity index (χ3v) is 6.05. The molecule has 1 fully saturated rings. The molecule has 0 aromatic carbocycles. The summed E-state index contributed by atoms with van der Waals surface area (Å²) in [6.07, 6.45) is 2.60. The van der Waals surface area contributed by atoms with Crippen LogP contribution >= 0.6 is 11.8 Å². The molecule has 9 heteroatoms. The monoisotopic (exact) mass is 333 g/mol. The molecule has 7 nitrogen and oxygen atoms in total. The van der Waals surface area contributed by atoms with E-state index in [0.29, 0.717) is 18.1 Å². The van der Waals surface area contributed by atoms with E-state index in [9.17, 15) is 18.3 Å². The molecule has 0 radical (unpaired) electrons. The number of carboxylic acids is 1. The lowest BCUT2D eigenvalue weighted by molar-refractivity contribution is -0.142. The Labute approximate surface area is 128 Å². The third kappa shape index (κ3) is 3.24. The number of aromatic nitrogens is 2. The minimum absolute atomic E-state index is 0.119. The van der Waals surface area contributed by atoms with E-state index < -0.39 is 21.5 Å². The summed E-state index contributed by atoms with van der Waals surface area (Å²) in [6, 6.07) is 0. The Hall–Kier alpha value is -1.06. The molecule has 2 N–H and O–H groups in total. The molecular weight excluding hydrogens is 314 g/mol. The molecule has 2 heterocycles. The van der Waals surface area contributed by atoms with Crippen molar-refractivity contribution in [2.45, 2.75) is 43.8 Å². The van der Waals surface area contributed by atoms with Gasteiger partial charge in [-0.15, -0.1) is 0 Å². The summed E-state index contributed by atoms with van der Waals surface area (Å²) < 4.78 is 28.9. The second-order valence-electron chi connectivity index (χ2n) is 5.12. The highest BCUT2D eigenvalue weighted by atomic mass is 32.2. The van der Waals surface area contributed by atoms with Gasteiger partial charge >= 0.3 is 5.97 Å². The van der Waals surface area contributed by atoms with Crippen LogP contribution in [0.15, 0.2) is 11.2 Å². The lowest BCUT2D eigenvalue weighted by atomic mass is 10.0. The molecule has 1 aliphatic heterocycles. The molecule has 1 aromatic heterocycles. The first-order valence-corrected chi connectivity index (χ1v) is 9.33. The first-order chi connectivity index (χ1) is 9.81. The summed E-state index contributed by atoms with van der Waals surface area (Å²) in [5.41, 5.74) is -1.42. The zero-order chi connectivity index (χ0) is 15.7. The summed E-state index contributed by atoms with van der Waals surface area (Å²) in [5.74, 6) is 0.317. The quantitative estimate of drug-likeness (QED) is 0.800. The van der Waals surface area contributed by atoms with E-state index in [4.69, 9.17) is 0 Å². The molecule has 1 aromatic rings. The highest BCUT2D eigenvalue weighted by molar-refractivity contribution is 7.99. The molecule has 1 saturated heterocycles. The number of carboxylic acid groups (broad SMARTS) is 1. The van der Waals surface area contributed by atoms with Gasteiger partial charge in [-0.1, -0.05) is 6.92 Å². The molecule has 0 bridgehead atoms. The maximum Gasteiger partial charge on any atom is 0.325 e. The molecule has 118 valence electrons. The summed E-state index contributed by atoms with van der Waals surface area (Å²) in [4.78, 5) is 15.5. The van der Waals surface area contributed by atoms with Crippen molar-refractivity contribution in [2.24, 2.45) is 0 Å². The fourth-order valence-electron chi connectivity index (χ4n) is 2.24. The van der Waals surface area contributed by atoms with E-state index in [1.54, 1.807) is 11.5 Å². The van der Waals surface area contributed by atoms with Gasteiger partial charge < -0.3 is 9.67 Å². The van der Waals surface area contributed by atoms with E-state index in [-0.39, 0.29) is 17.2 Å². The summed E-state index contributed by atoms with van der Waals surface area (Å²) in [7, 11) is -3.94. The van der Waals surface area contributed by atoms with Gasteiger partial charge in [-0.05, 0) is 25.5 Å². The maximum atomic E-state index is 12.4. The van der Waals surface area contributed by atoms with E-state index in [0.717, 1.165) is 6.42 Å². The van der Waals surface area contributed by atoms with E-state index >= 15 is 0 Å². The standard InChI is InChI=1S/C12H19N3O4S2/c1-3-5-15-7-10(13-9(15)2)21(18,19)14-12(11(16)17)4-6-20-8-12/h7,14H,3-6,8H2,1-2H3,(H,16,17). The largest absolute Gasteiger partial charge is 0.480 e. The van der Waals surface area contributed by atoms with Crippen LogP contribution in [0.1, 0.15) is 25.6 Å². The van der Waals surface area contributed by atoms with Crippen LogP contribution in [0.5, 0.6) is 0 Å². The number of rotatable bonds is 6. The molecule has 0 amide bonds. The van der Waals surface area contributed by atoms with Crippen molar-refractivity contribution in [1.82, 2.24) is 14.3 Å². The van der Waals surface area contributed by atoms with E-state index in [1.165, 1.54) is 18.0 Å². The van der Waals surface area contributed by atoms with Crippen molar-refractivity contribution in [3.05, 3.63) is 12.0 Å². The van der Waals surface area contributed by atoms with Crippen LogP contribution in [-0.2, 0) is 21.4 Å². The predicted molar refractivity (Wildman–Crippen MR) is 79.9 cm³/mol. The molecule has 2 rings (SSSR count). The first kappa shape index (κ1) is 16.3. The Kier molecular flexibility index (Phi) is 4.64. The molecule has 0 aliphatic carbocycles. The zero-order valence-electron chi connectivity index (χ0n) is 12.0. The maximum absolute atomic E-state index is 12.4. The van der Waals surface area contributed by atoms with E-state index in [1.807, 2.05) is 6.92 Å². The Morgan fingerprint density at radius 3 is 2.86 bits per heavy atom. The molecule has 1 unspecified atom stereocenters. The van der Waals surface area contributed by atoms with Crippen molar-refractivity contribution in [1.29, 1.82) is 0 Å². The molecule has 1 aliphatic rings. The minimum Gasteiger partial charge on any atom is -0.480 e. The Morgan fingerprint density at radius 2 is 2.33 bits per heavy atom. The van der Waals surface area contributed by atoms with Crippen molar-refractivity contribution < 1.29 is 18.3 Å². The number of carbonyl (C=O) groups is 1. The number of nitrogens with zero attached hydrogens (tertiary/aromatic N) is 2. The van der Waals surface area contributed by atoms with Crippen LogP contribution in [0, 0.1) is 6.92 Å². The van der Waals surface area contributed by atoms with Gasteiger partial charge in [0.05, 0.1) is 0 Å². The van der Waals surface area contributed by atoms with Crippen LogP contribution in [-0.4, -0.2) is 46.1 Å². The average Bonchev–Trinajstić information content (AvgIpc) is 2.99. The number of hydrogen-bond acceptors (Lipinski definition) is 5. The van der Waals surface area contributed by atoms with Crippen molar-refractivity contribution in [3.8, 4) is 0 Å². The molecule has 0 saturated carbocycles. The number of aliphatic carboxylic acids is 1. The van der Waals surface area contributed by atoms with Crippen molar-refractivity contribution in [2.75, 3.05) is 11.5 Å². The lowest BCUT2D eigenvalue weighted by Gasteiger charge is -2.23. The van der Waals surface area contributed by atoms with Crippen LogP contribution in [0.3, 0.4) is 0 Å². The molecule has 1 atom stereocenters. The van der Waals surface area contributed by atoms with Crippen molar-refractivity contribution in [3.63, 3.8) is 0 Å². The summed E-state index contributed by atoms with van der Waals surface area (Å²) in [5, 5.41) is 9.23. The van der Waals surface area contributed by atoms with Gasteiger partial charge in [0.25, 0.3) is 10.0 Å². The molecular formula is C12H19N3O4S2. The van der Waals surface area contributed by atoms with Crippen LogP contribution in [0.4, 0.5) is 0 Å². The number of imidazole rings is 1.